The number of hydrogen-bond donors (Lipinski definition) is 0. The molecular formula is C13H10O. The number of hydrogen-bond acceptors (Lipinski definition) is 1. The van der Waals surface area contributed by atoms with E-state index in [1.807, 2.05) is 12.2 Å². The van der Waals surface area contributed by atoms with Crippen LogP contribution in [0.1, 0.15) is 6.92 Å². The Labute approximate surface area is 82.8 Å². The molecule has 1 heteroatoms. The normalized spacial score (nSPS) is 31.8. The number of carbonyl (C=O) groups excluding carboxylic acids is 1. The summed E-state index contributed by atoms with van der Waals surface area (Å²) in [7, 11) is 0. The van der Waals surface area contributed by atoms with E-state index >= 15 is 0 Å². The highest BCUT2D eigenvalue weighted by molar-refractivity contribution is 5.83. The Balaban J connectivity index is 2.27. The Morgan fingerprint density at radius 3 is 2.57 bits per heavy atom. The molecule has 3 rings (SSSR count). The van der Waals surface area contributed by atoms with Crippen LogP contribution >= 0.6 is 0 Å². The minimum Gasteiger partial charge on any atom is -0.298 e. The number of carbonyl (C=O) groups is 1. The highest BCUT2D eigenvalue weighted by Gasteiger charge is 2.41. The summed E-state index contributed by atoms with van der Waals surface area (Å²) < 4.78 is 0. The van der Waals surface area contributed by atoms with Gasteiger partial charge in [0, 0.05) is 11.0 Å². The first-order chi connectivity index (χ1) is 6.75. The fourth-order valence-corrected chi connectivity index (χ4v) is 2.44. The van der Waals surface area contributed by atoms with Gasteiger partial charge < -0.3 is 0 Å². The smallest absolute Gasteiger partial charge is 0.150 e. The van der Waals surface area contributed by atoms with Gasteiger partial charge in [0.2, 0.25) is 0 Å². The molecule has 0 aromatic heterocycles. The molecule has 1 unspecified atom stereocenters. The van der Waals surface area contributed by atoms with Crippen LogP contribution in [0.2, 0.25) is 0 Å². The van der Waals surface area contributed by atoms with Crippen LogP contribution in [0.15, 0.2) is 58.7 Å². The lowest BCUT2D eigenvalue weighted by molar-refractivity contribution is -0.104. The maximum absolute atomic E-state index is 10.7. The van der Waals surface area contributed by atoms with Crippen LogP contribution in [0, 0.1) is 5.41 Å². The molecule has 0 fully saturated rings. The van der Waals surface area contributed by atoms with Gasteiger partial charge in [-0.2, -0.15) is 0 Å². The fourth-order valence-electron chi connectivity index (χ4n) is 2.44. The molecule has 0 aromatic rings. The van der Waals surface area contributed by atoms with E-state index in [9.17, 15) is 4.79 Å². The molecule has 68 valence electrons. The first-order valence-electron chi connectivity index (χ1n) is 4.75. The SMILES string of the molecule is CC12C3=CC=C1C=C(C=O)C=C2C=C3. The number of allylic oxidation sites excluding steroid dienone is 10. The highest BCUT2D eigenvalue weighted by Crippen LogP contribution is 2.53. The minimum atomic E-state index is 0.0342. The van der Waals surface area contributed by atoms with Gasteiger partial charge in [0.1, 0.15) is 6.29 Å². The largest absolute Gasteiger partial charge is 0.298 e. The lowest BCUT2D eigenvalue weighted by Crippen LogP contribution is -2.19. The van der Waals surface area contributed by atoms with E-state index in [2.05, 4.69) is 31.2 Å². The van der Waals surface area contributed by atoms with Crippen LogP contribution in [-0.2, 0) is 4.79 Å². The summed E-state index contributed by atoms with van der Waals surface area (Å²) in [5.74, 6) is 0. The van der Waals surface area contributed by atoms with E-state index in [-0.39, 0.29) is 5.41 Å². The van der Waals surface area contributed by atoms with E-state index in [1.165, 1.54) is 16.7 Å². The summed E-state index contributed by atoms with van der Waals surface area (Å²) in [4.78, 5) is 10.7. The second kappa shape index (κ2) is 2.24. The summed E-state index contributed by atoms with van der Waals surface area (Å²) >= 11 is 0. The van der Waals surface area contributed by atoms with Crippen LogP contribution < -0.4 is 0 Å². The summed E-state index contributed by atoms with van der Waals surface area (Å²) in [6.07, 6.45) is 13.4. The first-order valence-corrected chi connectivity index (χ1v) is 4.75. The second-order valence-corrected chi connectivity index (χ2v) is 4.06. The van der Waals surface area contributed by atoms with Gasteiger partial charge in [-0.1, -0.05) is 24.3 Å². The van der Waals surface area contributed by atoms with Crippen molar-refractivity contribution in [2.24, 2.45) is 5.41 Å². The van der Waals surface area contributed by atoms with Crippen molar-refractivity contribution in [2.45, 2.75) is 6.92 Å². The summed E-state index contributed by atoms with van der Waals surface area (Å²) in [6, 6.07) is 0. The third-order valence-corrected chi connectivity index (χ3v) is 3.40. The molecule has 0 saturated heterocycles. The predicted octanol–water partition coefficient (Wildman–Crippen LogP) is 2.49. The van der Waals surface area contributed by atoms with Gasteiger partial charge in [0.25, 0.3) is 0 Å². The standard InChI is InChI=1S/C13H10O/c1-13-10-2-4-11(13)6-9(8-14)7-12(13)5-3-10/h2-8H,1H3. The van der Waals surface area contributed by atoms with E-state index in [4.69, 9.17) is 0 Å². The van der Waals surface area contributed by atoms with Gasteiger partial charge >= 0.3 is 0 Å². The van der Waals surface area contributed by atoms with E-state index < -0.39 is 0 Å². The number of rotatable bonds is 1. The molecule has 1 nitrogen and oxygen atoms in total. The molecular weight excluding hydrogens is 172 g/mol. The monoisotopic (exact) mass is 182 g/mol. The highest BCUT2D eigenvalue weighted by atomic mass is 16.1. The van der Waals surface area contributed by atoms with Crippen molar-refractivity contribution < 1.29 is 4.79 Å². The molecule has 0 saturated carbocycles. The Hall–Kier alpha value is -1.63. The van der Waals surface area contributed by atoms with E-state index in [0.29, 0.717) is 0 Å². The molecule has 3 aliphatic rings. The van der Waals surface area contributed by atoms with Gasteiger partial charge in [-0.15, -0.1) is 0 Å². The molecule has 14 heavy (non-hydrogen) atoms. The zero-order valence-corrected chi connectivity index (χ0v) is 7.95. The maximum Gasteiger partial charge on any atom is 0.150 e. The van der Waals surface area contributed by atoms with Crippen molar-refractivity contribution in [3.8, 4) is 0 Å². The van der Waals surface area contributed by atoms with Gasteiger partial charge in [0.05, 0.1) is 0 Å². The third-order valence-electron chi connectivity index (χ3n) is 3.40. The lowest BCUT2D eigenvalue weighted by atomic mass is 9.73. The van der Waals surface area contributed by atoms with Crippen molar-refractivity contribution in [3.63, 3.8) is 0 Å². The van der Waals surface area contributed by atoms with Crippen molar-refractivity contribution in [3.05, 3.63) is 58.7 Å². The van der Waals surface area contributed by atoms with Crippen LogP contribution in [0.25, 0.3) is 0 Å². The minimum absolute atomic E-state index is 0.0342. The summed E-state index contributed by atoms with van der Waals surface area (Å²) in [5.41, 5.74) is 4.60. The second-order valence-electron chi connectivity index (χ2n) is 4.06. The van der Waals surface area contributed by atoms with Gasteiger partial charge in [-0.25, -0.2) is 0 Å². The molecule has 0 aromatic carbocycles. The molecule has 0 amide bonds. The molecule has 0 radical (unpaired) electrons. The van der Waals surface area contributed by atoms with Crippen molar-refractivity contribution in [1.82, 2.24) is 0 Å². The first kappa shape index (κ1) is 7.74. The topological polar surface area (TPSA) is 17.1 Å². The van der Waals surface area contributed by atoms with Crippen LogP contribution in [0.4, 0.5) is 0 Å². The lowest BCUT2D eigenvalue weighted by Gasteiger charge is -2.29. The Kier molecular flexibility index (Phi) is 1.24. The van der Waals surface area contributed by atoms with Crippen molar-refractivity contribution in [2.75, 3.05) is 0 Å². The van der Waals surface area contributed by atoms with E-state index in [0.717, 1.165) is 11.9 Å². The summed E-state index contributed by atoms with van der Waals surface area (Å²) in [6.45, 7) is 2.21. The molecule has 0 N–H and O–H groups in total. The Morgan fingerprint density at radius 1 is 1.07 bits per heavy atom. The number of aldehydes is 1. The maximum atomic E-state index is 10.7. The van der Waals surface area contributed by atoms with Gasteiger partial charge in [0.15, 0.2) is 0 Å². The molecule has 0 aliphatic heterocycles. The third kappa shape index (κ3) is 0.688. The Bertz CT molecular complexity index is 483. The average Bonchev–Trinajstić information content (AvgIpc) is 2.69. The molecule has 3 aliphatic carbocycles. The average molecular weight is 182 g/mol. The predicted molar refractivity (Wildman–Crippen MR) is 55.6 cm³/mol. The summed E-state index contributed by atoms with van der Waals surface area (Å²) in [5, 5.41) is 0. The van der Waals surface area contributed by atoms with Crippen molar-refractivity contribution in [1.29, 1.82) is 0 Å². The molecule has 1 atom stereocenters. The van der Waals surface area contributed by atoms with Gasteiger partial charge in [-0.3, -0.25) is 4.79 Å². The zero-order chi connectivity index (χ0) is 9.76. The van der Waals surface area contributed by atoms with Crippen molar-refractivity contribution >= 4 is 6.29 Å². The van der Waals surface area contributed by atoms with Gasteiger partial charge in [-0.05, 0) is 35.8 Å². The zero-order valence-electron chi connectivity index (χ0n) is 7.95. The molecule has 0 bridgehead atoms. The molecule has 0 heterocycles. The van der Waals surface area contributed by atoms with Crippen LogP contribution in [0.5, 0.6) is 0 Å². The molecule has 0 spiro atoms. The fraction of sp³-hybridized carbons (Fsp3) is 0.154. The van der Waals surface area contributed by atoms with E-state index in [1.54, 1.807) is 0 Å². The van der Waals surface area contributed by atoms with Crippen LogP contribution in [-0.4, -0.2) is 6.29 Å². The van der Waals surface area contributed by atoms with Crippen LogP contribution in [0.3, 0.4) is 0 Å². The quantitative estimate of drug-likeness (QED) is 0.569. The Morgan fingerprint density at radius 2 is 1.79 bits per heavy atom.